The number of benzene rings is 1. The molecule has 270 valence electrons. The lowest BCUT2D eigenvalue weighted by Crippen LogP contribution is -2.64. The number of hydrogen-bond donors (Lipinski definition) is 2. The van der Waals surface area contributed by atoms with Gasteiger partial charge >= 0.3 is 30.0 Å². The second-order valence-corrected chi connectivity index (χ2v) is 12.6. The number of amides is 2. The highest BCUT2D eigenvalue weighted by molar-refractivity contribution is 7.90. The molecular formula is C30H38N2O16S. The SMILES string of the molecule is C#CCOCCC(=O)Nc1cc(COC(=O)NCCS(C)(=O)=O)ccc1O[C@@H]1O[C@H](C(=O)OC)[C@@H](OC(C)=O)[C@H](OC(C)=O)[C@H]1OC(C)=O. The van der Waals surface area contributed by atoms with Crippen LogP contribution in [0.1, 0.15) is 32.8 Å². The molecule has 0 radical (unpaired) electrons. The molecule has 49 heavy (non-hydrogen) atoms. The van der Waals surface area contributed by atoms with Crippen molar-refractivity contribution in [2.24, 2.45) is 0 Å². The van der Waals surface area contributed by atoms with Gasteiger partial charge in [-0.3, -0.25) is 19.2 Å². The Morgan fingerprint density at radius 3 is 2.18 bits per heavy atom. The van der Waals surface area contributed by atoms with Crippen LogP contribution in [-0.4, -0.2) is 114 Å². The molecule has 18 nitrogen and oxygen atoms in total. The van der Waals surface area contributed by atoms with Gasteiger partial charge in [0.1, 0.15) is 28.8 Å². The summed E-state index contributed by atoms with van der Waals surface area (Å²) in [5, 5.41) is 4.91. The Morgan fingerprint density at radius 2 is 1.59 bits per heavy atom. The van der Waals surface area contributed by atoms with Crippen LogP contribution in [0, 0.1) is 12.3 Å². The quantitative estimate of drug-likeness (QED) is 0.0993. The Balaban J connectivity index is 2.47. The summed E-state index contributed by atoms with van der Waals surface area (Å²) in [5.74, 6) is -2.46. The van der Waals surface area contributed by atoms with E-state index in [1.165, 1.54) is 18.2 Å². The van der Waals surface area contributed by atoms with Crippen molar-refractivity contribution < 1.29 is 75.1 Å². The van der Waals surface area contributed by atoms with E-state index in [2.05, 4.69) is 16.6 Å². The summed E-state index contributed by atoms with van der Waals surface area (Å²) in [5.41, 5.74) is 0.303. The fraction of sp³-hybridized carbons (Fsp3) is 0.533. The number of rotatable bonds is 16. The summed E-state index contributed by atoms with van der Waals surface area (Å²) in [6, 6.07) is 4.12. The molecule has 1 aliphatic heterocycles. The molecule has 0 unspecified atom stereocenters. The Bertz CT molecular complexity index is 1520. The monoisotopic (exact) mass is 714 g/mol. The summed E-state index contributed by atoms with van der Waals surface area (Å²) in [4.78, 5) is 73.9. The van der Waals surface area contributed by atoms with E-state index in [-0.39, 0.29) is 50.0 Å². The van der Waals surface area contributed by atoms with E-state index in [9.17, 15) is 37.2 Å². The predicted molar refractivity (Wildman–Crippen MR) is 165 cm³/mol. The molecule has 1 aromatic rings. The van der Waals surface area contributed by atoms with Gasteiger partial charge < -0.3 is 48.5 Å². The van der Waals surface area contributed by atoms with Crippen molar-refractivity contribution in [1.82, 2.24) is 5.32 Å². The van der Waals surface area contributed by atoms with Gasteiger partial charge in [-0.2, -0.15) is 0 Å². The lowest BCUT2D eigenvalue weighted by atomic mass is 9.97. The molecule has 1 saturated heterocycles. The molecule has 19 heteroatoms. The third-order valence-corrected chi connectivity index (χ3v) is 7.11. The van der Waals surface area contributed by atoms with E-state index < -0.39 is 76.4 Å². The van der Waals surface area contributed by atoms with E-state index in [0.29, 0.717) is 5.56 Å². The lowest BCUT2D eigenvalue weighted by molar-refractivity contribution is -0.282. The first kappa shape index (κ1) is 40.2. The number of carbonyl (C=O) groups excluding carboxylic acids is 6. The van der Waals surface area contributed by atoms with Gasteiger partial charge in [-0.05, 0) is 17.7 Å². The van der Waals surface area contributed by atoms with E-state index in [1.807, 2.05) is 0 Å². The number of nitrogens with one attached hydrogen (secondary N) is 2. The largest absolute Gasteiger partial charge is 0.467 e. The summed E-state index contributed by atoms with van der Waals surface area (Å²) in [6.45, 7) is 2.51. The maximum absolute atomic E-state index is 12.8. The average Bonchev–Trinajstić information content (AvgIpc) is 3.00. The van der Waals surface area contributed by atoms with Crippen LogP contribution in [0.15, 0.2) is 18.2 Å². The third kappa shape index (κ3) is 14.0. The van der Waals surface area contributed by atoms with Crippen LogP contribution in [0.2, 0.25) is 0 Å². The summed E-state index contributed by atoms with van der Waals surface area (Å²) in [6.07, 6.45) is -3.27. The molecular weight excluding hydrogens is 676 g/mol. The fourth-order valence-electron chi connectivity index (χ4n) is 4.21. The molecule has 0 spiro atoms. The van der Waals surface area contributed by atoms with E-state index in [1.54, 1.807) is 0 Å². The van der Waals surface area contributed by atoms with Crippen molar-refractivity contribution in [3.63, 3.8) is 0 Å². The minimum atomic E-state index is -3.32. The summed E-state index contributed by atoms with van der Waals surface area (Å²) >= 11 is 0. The predicted octanol–water partition coefficient (Wildman–Crippen LogP) is 0.00760. The maximum atomic E-state index is 12.8. The number of esters is 4. The van der Waals surface area contributed by atoms with Gasteiger partial charge in [-0.25, -0.2) is 18.0 Å². The molecule has 2 amide bonds. The van der Waals surface area contributed by atoms with Gasteiger partial charge in [0.15, 0.2) is 18.3 Å². The Labute approximate surface area is 282 Å². The second-order valence-electron chi connectivity index (χ2n) is 10.3. The van der Waals surface area contributed by atoms with Crippen LogP contribution in [0.25, 0.3) is 0 Å². The van der Waals surface area contributed by atoms with Crippen molar-refractivity contribution in [2.75, 3.05) is 44.2 Å². The van der Waals surface area contributed by atoms with Gasteiger partial charge in [0.2, 0.25) is 18.3 Å². The smallest absolute Gasteiger partial charge is 0.407 e. The van der Waals surface area contributed by atoms with Crippen LogP contribution in [0.4, 0.5) is 10.5 Å². The Hall–Kier alpha value is -4.93. The molecule has 1 aromatic carbocycles. The lowest BCUT2D eigenvalue weighted by Gasteiger charge is -2.43. The minimum absolute atomic E-state index is 0.0218. The van der Waals surface area contributed by atoms with Gasteiger partial charge in [0.25, 0.3) is 0 Å². The highest BCUT2D eigenvalue weighted by Gasteiger charge is 2.56. The number of anilines is 1. The molecule has 0 aliphatic carbocycles. The van der Waals surface area contributed by atoms with E-state index in [0.717, 1.165) is 34.1 Å². The molecule has 2 N–H and O–H groups in total. The highest BCUT2D eigenvalue weighted by Crippen LogP contribution is 2.34. The Kier molecular flexibility index (Phi) is 15.7. The zero-order chi connectivity index (χ0) is 36.7. The van der Waals surface area contributed by atoms with Crippen molar-refractivity contribution in [3.8, 4) is 18.1 Å². The Morgan fingerprint density at radius 1 is 0.959 bits per heavy atom. The second kappa shape index (κ2) is 19.2. The molecule has 5 atom stereocenters. The number of carbonyl (C=O) groups is 6. The highest BCUT2D eigenvalue weighted by atomic mass is 32.2. The van der Waals surface area contributed by atoms with Crippen molar-refractivity contribution in [2.45, 2.75) is 64.5 Å². The number of hydrogen-bond acceptors (Lipinski definition) is 16. The maximum Gasteiger partial charge on any atom is 0.407 e. The van der Waals surface area contributed by atoms with Crippen molar-refractivity contribution in [1.29, 1.82) is 0 Å². The number of terminal acetylenes is 1. The topological polar surface area (TPSA) is 234 Å². The first-order valence-electron chi connectivity index (χ1n) is 14.5. The molecule has 0 aromatic heterocycles. The van der Waals surface area contributed by atoms with Crippen LogP contribution >= 0.6 is 0 Å². The third-order valence-electron chi connectivity index (χ3n) is 6.17. The summed E-state index contributed by atoms with van der Waals surface area (Å²) in [7, 11) is -2.30. The number of ether oxygens (including phenoxy) is 8. The van der Waals surface area contributed by atoms with E-state index in [4.69, 9.17) is 44.3 Å². The average molecular weight is 715 g/mol. The molecule has 0 saturated carbocycles. The van der Waals surface area contributed by atoms with Gasteiger partial charge in [-0.15, -0.1) is 6.42 Å². The van der Waals surface area contributed by atoms with Crippen LogP contribution < -0.4 is 15.4 Å². The minimum Gasteiger partial charge on any atom is -0.467 e. The normalized spacial score (nSPS) is 20.0. The zero-order valence-electron chi connectivity index (χ0n) is 27.4. The number of sulfone groups is 1. The van der Waals surface area contributed by atoms with Crippen LogP contribution in [-0.2, 0) is 73.6 Å². The number of alkyl carbamates (subject to hydrolysis) is 1. The first-order valence-corrected chi connectivity index (χ1v) is 16.5. The summed E-state index contributed by atoms with van der Waals surface area (Å²) < 4.78 is 65.4. The van der Waals surface area contributed by atoms with Gasteiger partial charge in [0, 0.05) is 33.6 Å². The number of methoxy groups -OCH3 is 1. The molecule has 2 rings (SSSR count). The van der Waals surface area contributed by atoms with Gasteiger partial charge in [0.05, 0.1) is 31.6 Å². The standard InChI is InChI=1S/C30H38N2O16S/c1-7-12-42-13-10-23(36)32-21-15-20(16-43-30(38)31-11-14-49(6,39)40)8-9-22(21)47-29-27(46-19(4)35)25(45-18(3)34)24(44-17(2)33)26(48-29)28(37)41-5/h1,8-9,15,24-27,29H,10-14,16H2,2-6H3,(H,31,38)(H,32,36)/t24-,25-,26-,27+,29+/m0/s1. The zero-order valence-corrected chi connectivity index (χ0v) is 28.2. The van der Waals surface area contributed by atoms with E-state index >= 15 is 0 Å². The van der Waals surface area contributed by atoms with Crippen molar-refractivity contribution >= 4 is 51.4 Å². The molecule has 1 fully saturated rings. The molecule has 1 aliphatic rings. The molecule has 0 bridgehead atoms. The fourth-order valence-corrected chi connectivity index (χ4v) is 4.69. The van der Waals surface area contributed by atoms with Gasteiger partial charge in [-0.1, -0.05) is 12.0 Å². The van der Waals surface area contributed by atoms with Crippen molar-refractivity contribution in [3.05, 3.63) is 23.8 Å². The first-order chi connectivity index (χ1) is 23.0. The van der Waals surface area contributed by atoms with Crippen LogP contribution in [0.5, 0.6) is 5.75 Å². The molecule has 1 heterocycles. The van der Waals surface area contributed by atoms with Crippen LogP contribution in [0.3, 0.4) is 0 Å².